The molecule has 8 heteroatoms. The molecule has 1 saturated heterocycles. The molecule has 7 nitrogen and oxygen atoms in total. The molecule has 0 aliphatic carbocycles. The number of rotatable bonds is 4. The summed E-state index contributed by atoms with van der Waals surface area (Å²) in [7, 11) is 0. The van der Waals surface area contributed by atoms with Crippen LogP contribution in [-0.2, 0) is 11.3 Å². The maximum atomic E-state index is 11.4. The normalized spacial score (nSPS) is 15.8. The van der Waals surface area contributed by atoms with E-state index in [4.69, 9.17) is 21.1 Å². The predicted octanol–water partition coefficient (Wildman–Crippen LogP) is 1.03. The predicted molar refractivity (Wildman–Crippen MR) is 83.7 cm³/mol. The van der Waals surface area contributed by atoms with Crippen molar-refractivity contribution in [1.82, 2.24) is 20.0 Å². The van der Waals surface area contributed by atoms with E-state index >= 15 is 0 Å². The average Bonchev–Trinajstić information content (AvgIpc) is 3.03. The van der Waals surface area contributed by atoms with Gasteiger partial charge in [0.2, 0.25) is 17.7 Å². The highest BCUT2D eigenvalue weighted by molar-refractivity contribution is 6.30. The Morgan fingerprint density at radius 3 is 2.74 bits per heavy atom. The fourth-order valence-corrected chi connectivity index (χ4v) is 2.69. The first-order chi connectivity index (χ1) is 11.2. The van der Waals surface area contributed by atoms with E-state index < -0.39 is 6.61 Å². The second-order valence-corrected chi connectivity index (χ2v) is 5.76. The molecule has 1 aliphatic heterocycles. The van der Waals surface area contributed by atoms with E-state index in [0.29, 0.717) is 49.5 Å². The molecule has 0 atom stereocenters. The summed E-state index contributed by atoms with van der Waals surface area (Å²) in [6, 6.07) is 7.26. The van der Waals surface area contributed by atoms with Crippen LogP contribution in [-0.4, -0.2) is 63.8 Å². The lowest BCUT2D eigenvalue weighted by molar-refractivity contribution is -0.136. The Balaban J connectivity index is 1.59. The van der Waals surface area contributed by atoms with E-state index in [0.717, 1.165) is 5.56 Å². The van der Waals surface area contributed by atoms with Gasteiger partial charge in [-0.3, -0.25) is 9.69 Å². The molecule has 0 unspecified atom stereocenters. The van der Waals surface area contributed by atoms with Gasteiger partial charge >= 0.3 is 0 Å². The van der Waals surface area contributed by atoms with Crippen LogP contribution in [0.15, 0.2) is 28.7 Å². The van der Waals surface area contributed by atoms with Gasteiger partial charge in [0.15, 0.2) is 0 Å². The number of nitrogens with zero attached hydrogens (tertiary/aromatic N) is 4. The van der Waals surface area contributed by atoms with Crippen molar-refractivity contribution in [1.29, 1.82) is 0 Å². The summed E-state index contributed by atoms with van der Waals surface area (Å²) in [4.78, 5) is 15.2. The summed E-state index contributed by atoms with van der Waals surface area (Å²) in [5.41, 5.74) is 0.787. The third-order valence-corrected chi connectivity index (χ3v) is 3.99. The Hall–Kier alpha value is -1.96. The molecule has 1 fully saturated rings. The third kappa shape index (κ3) is 3.87. The van der Waals surface area contributed by atoms with Crippen molar-refractivity contribution in [3.05, 3.63) is 35.2 Å². The van der Waals surface area contributed by atoms with Gasteiger partial charge in [-0.1, -0.05) is 17.7 Å². The van der Waals surface area contributed by atoms with Crippen molar-refractivity contribution in [3.8, 4) is 11.5 Å². The summed E-state index contributed by atoms with van der Waals surface area (Å²) < 4.78 is 5.68. The van der Waals surface area contributed by atoms with Gasteiger partial charge in [0, 0.05) is 36.8 Å². The van der Waals surface area contributed by atoms with Gasteiger partial charge in [-0.25, -0.2) is 0 Å². The van der Waals surface area contributed by atoms with Crippen LogP contribution >= 0.6 is 11.6 Å². The molecule has 2 aromatic rings. The molecule has 0 radical (unpaired) electrons. The number of piperazine rings is 1. The zero-order chi connectivity index (χ0) is 16.2. The Kier molecular flexibility index (Phi) is 4.90. The number of carbonyl (C=O) groups excluding carboxylic acids is 1. The number of aliphatic hydroxyl groups excluding tert-OH is 1. The van der Waals surface area contributed by atoms with Crippen LogP contribution in [0.3, 0.4) is 0 Å². The van der Waals surface area contributed by atoms with Crippen molar-refractivity contribution >= 4 is 17.5 Å². The molecule has 0 bridgehead atoms. The number of hydrogen-bond donors (Lipinski definition) is 1. The van der Waals surface area contributed by atoms with Crippen LogP contribution in [0.2, 0.25) is 5.02 Å². The smallest absolute Gasteiger partial charge is 0.248 e. The molecule has 122 valence electrons. The fraction of sp³-hybridized carbons (Fsp3) is 0.400. The van der Waals surface area contributed by atoms with Crippen LogP contribution in [0.25, 0.3) is 11.5 Å². The molecule has 1 aromatic carbocycles. The Labute approximate surface area is 138 Å². The molecule has 1 N–H and O–H groups in total. The number of amides is 1. The van der Waals surface area contributed by atoms with Gasteiger partial charge < -0.3 is 14.4 Å². The minimum absolute atomic E-state index is 0.231. The molecular formula is C15H17ClN4O3. The van der Waals surface area contributed by atoms with E-state index in [1.54, 1.807) is 17.0 Å². The highest BCUT2D eigenvalue weighted by Gasteiger charge is 2.22. The summed E-state index contributed by atoms with van der Waals surface area (Å²) >= 11 is 5.96. The summed E-state index contributed by atoms with van der Waals surface area (Å²) in [6.07, 6.45) is 0. The standard InChI is InChI=1S/C15H17ClN4O3/c16-12-3-1-2-11(8-12)15-18-17-13(23-15)9-19-4-6-20(7-5-19)14(22)10-21/h1-3,8,21H,4-7,9-10H2. The van der Waals surface area contributed by atoms with E-state index in [-0.39, 0.29) is 5.91 Å². The van der Waals surface area contributed by atoms with Crippen LogP contribution < -0.4 is 0 Å². The highest BCUT2D eigenvalue weighted by Crippen LogP contribution is 2.21. The molecule has 3 rings (SSSR count). The second-order valence-electron chi connectivity index (χ2n) is 5.33. The molecule has 0 spiro atoms. The number of halogens is 1. The van der Waals surface area contributed by atoms with Crippen molar-refractivity contribution in [2.24, 2.45) is 0 Å². The molecule has 2 heterocycles. The average molecular weight is 337 g/mol. The first kappa shape index (κ1) is 15.9. The van der Waals surface area contributed by atoms with Gasteiger partial charge in [0.1, 0.15) is 6.61 Å². The van der Waals surface area contributed by atoms with Crippen molar-refractivity contribution < 1.29 is 14.3 Å². The Bertz CT molecular complexity index is 683. The van der Waals surface area contributed by atoms with E-state index in [2.05, 4.69) is 15.1 Å². The summed E-state index contributed by atoms with van der Waals surface area (Å²) in [6.45, 7) is 2.70. The first-order valence-corrected chi connectivity index (χ1v) is 7.73. The zero-order valence-corrected chi connectivity index (χ0v) is 13.2. The van der Waals surface area contributed by atoms with E-state index in [1.807, 2.05) is 12.1 Å². The Morgan fingerprint density at radius 2 is 2.04 bits per heavy atom. The van der Waals surface area contributed by atoms with Crippen molar-refractivity contribution in [2.45, 2.75) is 6.54 Å². The van der Waals surface area contributed by atoms with E-state index in [9.17, 15) is 4.79 Å². The minimum Gasteiger partial charge on any atom is -0.419 e. The lowest BCUT2D eigenvalue weighted by Gasteiger charge is -2.33. The molecule has 1 aromatic heterocycles. The first-order valence-electron chi connectivity index (χ1n) is 7.35. The number of aliphatic hydroxyl groups is 1. The van der Waals surface area contributed by atoms with Crippen LogP contribution in [0.4, 0.5) is 0 Å². The molecule has 0 saturated carbocycles. The molecule has 1 aliphatic rings. The lowest BCUT2D eigenvalue weighted by atomic mass is 10.2. The van der Waals surface area contributed by atoms with Gasteiger partial charge in [0.05, 0.1) is 6.54 Å². The minimum atomic E-state index is -0.438. The maximum Gasteiger partial charge on any atom is 0.248 e. The number of benzene rings is 1. The maximum absolute atomic E-state index is 11.4. The van der Waals surface area contributed by atoms with Crippen molar-refractivity contribution in [3.63, 3.8) is 0 Å². The quantitative estimate of drug-likeness (QED) is 0.897. The monoisotopic (exact) mass is 336 g/mol. The largest absolute Gasteiger partial charge is 0.419 e. The van der Waals surface area contributed by atoms with Gasteiger partial charge in [-0.05, 0) is 18.2 Å². The number of aromatic nitrogens is 2. The van der Waals surface area contributed by atoms with Crippen LogP contribution in [0.1, 0.15) is 5.89 Å². The zero-order valence-electron chi connectivity index (χ0n) is 12.5. The van der Waals surface area contributed by atoms with E-state index in [1.165, 1.54) is 0 Å². The van der Waals surface area contributed by atoms with Crippen LogP contribution in [0.5, 0.6) is 0 Å². The van der Waals surface area contributed by atoms with Crippen LogP contribution in [0, 0.1) is 0 Å². The lowest BCUT2D eigenvalue weighted by Crippen LogP contribution is -2.49. The topological polar surface area (TPSA) is 82.7 Å². The van der Waals surface area contributed by atoms with Gasteiger partial charge in [-0.15, -0.1) is 10.2 Å². The second kappa shape index (κ2) is 7.08. The SMILES string of the molecule is O=C(CO)N1CCN(Cc2nnc(-c3cccc(Cl)c3)o2)CC1. The van der Waals surface area contributed by atoms with Gasteiger partial charge in [-0.2, -0.15) is 0 Å². The highest BCUT2D eigenvalue weighted by atomic mass is 35.5. The molecule has 1 amide bonds. The molecular weight excluding hydrogens is 320 g/mol. The number of carbonyl (C=O) groups is 1. The Morgan fingerprint density at radius 1 is 1.26 bits per heavy atom. The van der Waals surface area contributed by atoms with Gasteiger partial charge in [0.25, 0.3) is 0 Å². The summed E-state index contributed by atoms with van der Waals surface area (Å²) in [5, 5.41) is 17.6. The van der Waals surface area contributed by atoms with Crippen molar-refractivity contribution in [2.75, 3.05) is 32.8 Å². The third-order valence-electron chi connectivity index (χ3n) is 3.76. The molecule has 23 heavy (non-hydrogen) atoms. The summed E-state index contributed by atoms with van der Waals surface area (Å²) in [5.74, 6) is 0.740. The fourth-order valence-electron chi connectivity index (χ4n) is 2.50. The number of hydrogen-bond acceptors (Lipinski definition) is 6.